The minimum atomic E-state index is -0.274. The quantitative estimate of drug-likeness (QED) is 0.337. The fourth-order valence-corrected chi connectivity index (χ4v) is 5.40. The number of nitrogens with one attached hydrogen (secondary N) is 3. The lowest BCUT2D eigenvalue weighted by molar-refractivity contribution is -0.311. The van der Waals surface area contributed by atoms with Crippen LogP contribution < -0.4 is 15.6 Å². The largest absolute Gasteiger partial charge is 0.359 e. The summed E-state index contributed by atoms with van der Waals surface area (Å²) in [7, 11) is 0. The highest BCUT2D eigenvalue weighted by atomic mass is 79.9. The molecule has 8 heteroatoms. The molecule has 2 aromatic carbocycles. The van der Waals surface area contributed by atoms with Gasteiger partial charge in [0, 0.05) is 16.7 Å². The number of nitrogens with zero attached hydrogens (tertiary/aromatic N) is 1. The highest BCUT2D eigenvalue weighted by Gasteiger charge is 2.39. The van der Waals surface area contributed by atoms with Gasteiger partial charge < -0.3 is 10.6 Å². The van der Waals surface area contributed by atoms with E-state index in [2.05, 4.69) is 79.3 Å². The highest BCUT2D eigenvalue weighted by Crippen LogP contribution is 2.48. The third-order valence-corrected chi connectivity index (χ3v) is 7.41. The van der Waals surface area contributed by atoms with E-state index in [1.165, 1.54) is 0 Å². The molecular weight excluding hydrogens is 556 g/mol. The molecule has 0 radical (unpaired) electrons. The molecule has 4 rings (SSSR count). The van der Waals surface area contributed by atoms with Gasteiger partial charge in [-0.2, -0.15) is 0 Å². The van der Waals surface area contributed by atoms with E-state index in [-0.39, 0.29) is 5.66 Å². The number of H-pyrrole nitrogens is 1. The lowest BCUT2D eigenvalue weighted by atomic mass is 10.2. The Bertz CT molecular complexity index is 868. The Labute approximate surface area is 166 Å². The number of hydrogen-bond donors (Lipinski definition) is 2. The van der Waals surface area contributed by atoms with Crippen LogP contribution in [-0.4, -0.2) is 21.3 Å². The second-order valence-corrected chi connectivity index (χ2v) is 8.16. The molecule has 0 atom stereocenters. The summed E-state index contributed by atoms with van der Waals surface area (Å²) >= 11 is 14.6. The summed E-state index contributed by atoms with van der Waals surface area (Å²) in [5.41, 5.74) is 5.56. The second-order valence-electron chi connectivity index (χ2n) is 5.45. The maximum absolute atomic E-state index is 4.82. The van der Waals surface area contributed by atoms with Crippen LogP contribution in [0.4, 0.5) is 11.4 Å². The SMILES string of the molecule is BrCC1(CBr)Nc2c(c(Br)c3[nH+]c4ccccc4nc3c2Br)N1. The number of halogens is 4. The molecule has 118 valence electrons. The second kappa shape index (κ2) is 5.82. The molecule has 0 saturated carbocycles. The summed E-state index contributed by atoms with van der Waals surface area (Å²) in [4.78, 5) is 8.30. The lowest BCUT2D eigenvalue weighted by Gasteiger charge is -2.26. The van der Waals surface area contributed by atoms with Gasteiger partial charge in [0.2, 0.25) is 11.0 Å². The number of fused-ring (bicyclic) bond motifs is 3. The van der Waals surface area contributed by atoms with Crippen LogP contribution in [-0.2, 0) is 0 Å². The van der Waals surface area contributed by atoms with Gasteiger partial charge >= 0.3 is 0 Å². The molecule has 1 aromatic heterocycles. The molecule has 0 fully saturated rings. The third kappa shape index (κ3) is 2.41. The number of anilines is 2. The van der Waals surface area contributed by atoms with Crippen molar-refractivity contribution in [2.45, 2.75) is 5.66 Å². The number of hydrogen-bond acceptors (Lipinski definition) is 3. The number of alkyl halides is 2. The molecule has 0 aliphatic carbocycles. The van der Waals surface area contributed by atoms with Crippen LogP contribution in [0, 0.1) is 0 Å². The molecule has 3 aromatic rings. The van der Waals surface area contributed by atoms with Gasteiger partial charge in [-0.1, -0.05) is 44.0 Å². The highest BCUT2D eigenvalue weighted by molar-refractivity contribution is 9.11. The zero-order valence-corrected chi connectivity index (χ0v) is 18.0. The van der Waals surface area contributed by atoms with E-state index in [0.717, 1.165) is 53.0 Å². The molecule has 2 heterocycles. The standard InChI is InChI=1S/C15H10Br4N4/c16-5-15(6-17)22-13-9(18)11-12(10(19)14(13)23-15)21-8-4-2-1-3-7(8)20-11/h1-4,22-23H,5-6H2/p+1. The van der Waals surface area contributed by atoms with Gasteiger partial charge in [-0.3, -0.25) is 0 Å². The van der Waals surface area contributed by atoms with E-state index in [1.807, 2.05) is 24.3 Å². The predicted octanol–water partition coefficient (Wildman–Crippen LogP) is 5.05. The van der Waals surface area contributed by atoms with Gasteiger partial charge in [0.05, 0.1) is 15.8 Å². The maximum Gasteiger partial charge on any atom is 0.247 e. The summed E-state index contributed by atoms with van der Waals surface area (Å²) in [5, 5.41) is 8.64. The first-order valence-corrected chi connectivity index (χ1v) is 10.7. The van der Waals surface area contributed by atoms with Crippen molar-refractivity contribution in [1.29, 1.82) is 0 Å². The van der Waals surface area contributed by atoms with Crippen LogP contribution >= 0.6 is 63.7 Å². The lowest BCUT2D eigenvalue weighted by Crippen LogP contribution is -2.45. The van der Waals surface area contributed by atoms with Gasteiger partial charge in [-0.25, -0.2) is 9.97 Å². The number of benzene rings is 2. The minimum Gasteiger partial charge on any atom is -0.359 e. The van der Waals surface area contributed by atoms with Crippen LogP contribution in [0.15, 0.2) is 33.2 Å². The predicted molar refractivity (Wildman–Crippen MR) is 109 cm³/mol. The number of rotatable bonds is 2. The smallest absolute Gasteiger partial charge is 0.247 e. The summed E-state index contributed by atoms with van der Waals surface area (Å²) < 4.78 is 1.92. The Balaban J connectivity index is 2.05. The molecule has 4 nitrogen and oxygen atoms in total. The third-order valence-electron chi connectivity index (χ3n) is 3.93. The zero-order chi connectivity index (χ0) is 16.2. The van der Waals surface area contributed by atoms with E-state index < -0.39 is 0 Å². The van der Waals surface area contributed by atoms with Gasteiger partial charge in [0.15, 0.2) is 5.52 Å². The fraction of sp³-hybridized carbons (Fsp3) is 0.200. The molecule has 3 N–H and O–H groups in total. The Morgan fingerprint density at radius 1 is 1.00 bits per heavy atom. The normalized spacial score (nSPS) is 15.5. The fourth-order valence-electron chi connectivity index (χ4n) is 2.74. The Hall–Kier alpha value is -0.440. The van der Waals surface area contributed by atoms with Gasteiger partial charge in [0.25, 0.3) is 0 Å². The molecule has 0 unspecified atom stereocenters. The van der Waals surface area contributed by atoms with E-state index in [9.17, 15) is 0 Å². The van der Waals surface area contributed by atoms with Crippen molar-refractivity contribution in [2.75, 3.05) is 21.3 Å². The molecule has 23 heavy (non-hydrogen) atoms. The van der Waals surface area contributed by atoms with Crippen LogP contribution in [0.25, 0.3) is 22.1 Å². The van der Waals surface area contributed by atoms with Gasteiger partial charge in [-0.05, 0) is 37.9 Å². The zero-order valence-electron chi connectivity index (χ0n) is 11.7. The van der Waals surface area contributed by atoms with Crippen LogP contribution in [0.1, 0.15) is 0 Å². The molecule has 0 bridgehead atoms. The van der Waals surface area contributed by atoms with E-state index >= 15 is 0 Å². The van der Waals surface area contributed by atoms with E-state index in [4.69, 9.17) is 4.98 Å². The van der Waals surface area contributed by atoms with Crippen molar-refractivity contribution in [1.82, 2.24) is 4.98 Å². The Morgan fingerprint density at radius 3 is 2.35 bits per heavy atom. The van der Waals surface area contributed by atoms with Crippen molar-refractivity contribution in [3.63, 3.8) is 0 Å². The number of aromatic nitrogens is 2. The molecule has 0 amide bonds. The van der Waals surface area contributed by atoms with Crippen LogP contribution in [0.2, 0.25) is 0 Å². The summed E-state index contributed by atoms with van der Waals surface area (Å²) in [5.74, 6) is 0. The first kappa shape index (κ1) is 16.1. The first-order valence-electron chi connectivity index (χ1n) is 6.89. The summed E-state index contributed by atoms with van der Waals surface area (Å²) in [6.45, 7) is 0. The summed E-state index contributed by atoms with van der Waals surface area (Å²) in [6.07, 6.45) is 0. The number of aromatic amines is 1. The summed E-state index contributed by atoms with van der Waals surface area (Å²) in [6, 6.07) is 8.03. The van der Waals surface area contributed by atoms with Crippen molar-refractivity contribution >= 4 is 97.2 Å². The van der Waals surface area contributed by atoms with Crippen molar-refractivity contribution in [3.05, 3.63) is 33.2 Å². The monoisotopic (exact) mass is 563 g/mol. The average Bonchev–Trinajstić information content (AvgIpc) is 2.99. The van der Waals surface area contributed by atoms with E-state index in [1.54, 1.807) is 0 Å². The Kier molecular flexibility index (Phi) is 4.06. The molecule has 1 aliphatic heterocycles. The first-order chi connectivity index (χ1) is 11.1. The van der Waals surface area contributed by atoms with Crippen LogP contribution in [0.3, 0.4) is 0 Å². The van der Waals surface area contributed by atoms with Crippen LogP contribution in [0.5, 0.6) is 0 Å². The van der Waals surface area contributed by atoms with E-state index in [0.29, 0.717) is 0 Å². The maximum atomic E-state index is 4.82. The van der Waals surface area contributed by atoms with Crippen molar-refractivity contribution in [2.24, 2.45) is 0 Å². The minimum absolute atomic E-state index is 0.274. The molecular formula is C15H11Br4N4+. The van der Waals surface area contributed by atoms with Gasteiger partial charge in [-0.15, -0.1) is 0 Å². The van der Waals surface area contributed by atoms with Crippen molar-refractivity contribution in [3.8, 4) is 0 Å². The van der Waals surface area contributed by atoms with Crippen molar-refractivity contribution < 1.29 is 4.98 Å². The average molecular weight is 567 g/mol. The molecule has 0 spiro atoms. The topological polar surface area (TPSA) is 51.1 Å². The molecule has 0 saturated heterocycles. The Morgan fingerprint density at radius 2 is 1.65 bits per heavy atom. The number of para-hydroxylation sites is 2. The van der Waals surface area contributed by atoms with Gasteiger partial charge in [0.1, 0.15) is 15.7 Å². The molecule has 1 aliphatic rings.